The maximum atomic E-state index is 4.14. The molecule has 2 rings (SSSR count). The van der Waals surface area contributed by atoms with Gasteiger partial charge in [0.05, 0.1) is 0 Å². The summed E-state index contributed by atoms with van der Waals surface area (Å²) in [4.78, 5) is 2.51. The van der Waals surface area contributed by atoms with E-state index in [1.807, 2.05) is 0 Å². The predicted octanol–water partition coefficient (Wildman–Crippen LogP) is 4.47. The number of hydrogen-bond donors (Lipinski definition) is 0. The standard InChI is InChI=1S/C17H29N/c1-13(2)11-18(14(3)4)12-16-10-17(16)15-8-6-5-7-9-15/h5-6,13,15-17H,3,7-12H2,1-2,4H3. The summed E-state index contributed by atoms with van der Waals surface area (Å²) < 4.78 is 0. The van der Waals surface area contributed by atoms with E-state index in [4.69, 9.17) is 0 Å². The van der Waals surface area contributed by atoms with Crippen LogP contribution in [0.2, 0.25) is 0 Å². The Hall–Kier alpha value is -0.720. The molecule has 0 aromatic heterocycles. The normalized spacial score (nSPS) is 30.6. The van der Waals surface area contributed by atoms with Gasteiger partial charge in [-0.15, -0.1) is 0 Å². The molecule has 0 amide bonds. The molecule has 0 spiro atoms. The van der Waals surface area contributed by atoms with Crippen molar-refractivity contribution in [2.24, 2.45) is 23.7 Å². The molecule has 102 valence electrons. The Balaban J connectivity index is 1.79. The van der Waals surface area contributed by atoms with Gasteiger partial charge in [0.2, 0.25) is 0 Å². The Kier molecular flexibility index (Phi) is 4.53. The van der Waals surface area contributed by atoms with E-state index in [0.717, 1.165) is 23.7 Å². The van der Waals surface area contributed by atoms with Gasteiger partial charge in [0.25, 0.3) is 0 Å². The first kappa shape index (κ1) is 13.7. The highest BCUT2D eigenvalue weighted by molar-refractivity contribution is 5.01. The van der Waals surface area contributed by atoms with Crippen molar-refractivity contribution in [1.82, 2.24) is 4.90 Å². The summed E-state index contributed by atoms with van der Waals surface area (Å²) in [5.41, 5.74) is 1.25. The molecule has 0 aromatic carbocycles. The van der Waals surface area contributed by atoms with E-state index in [9.17, 15) is 0 Å². The lowest BCUT2D eigenvalue weighted by Crippen LogP contribution is -2.28. The Morgan fingerprint density at radius 3 is 2.72 bits per heavy atom. The van der Waals surface area contributed by atoms with E-state index in [1.165, 1.54) is 44.5 Å². The number of nitrogens with zero attached hydrogens (tertiary/aromatic N) is 1. The van der Waals surface area contributed by atoms with Gasteiger partial charge in [-0.25, -0.2) is 0 Å². The third kappa shape index (κ3) is 3.63. The molecule has 1 nitrogen and oxygen atoms in total. The quantitative estimate of drug-likeness (QED) is 0.626. The highest BCUT2D eigenvalue weighted by Gasteiger charge is 2.42. The third-order valence-corrected chi connectivity index (χ3v) is 4.47. The minimum absolute atomic E-state index is 0.733. The fourth-order valence-corrected chi connectivity index (χ4v) is 3.37. The number of hydrogen-bond acceptors (Lipinski definition) is 1. The summed E-state index contributed by atoms with van der Waals surface area (Å²) in [6.07, 6.45) is 10.3. The lowest BCUT2D eigenvalue weighted by Gasteiger charge is -2.27. The van der Waals surface area contributed by atoms with Gasteiger partial charge in [-0.2, -0.15) is 0 Å². The lowest BCUT2D eigenvalue weighted by atomic mass is 9.89. The zero-order valence-corrected chi connectivity index (χ0v) is 12.4. The monoisotopic (exact) mass is 247 g/mol. The van der Waals surface area contributed by atoms with Crippen molar-refractivity contribution in [2.75, 3.05) is 13.1 Å². The van der Waals surface area contributed by atoms with E-state index in [-0.39, 0.29) is 0 Å². The summed E-state index contributed by atoms with van der Waals surface area (Å²) in [5, 5.41) is 0. The summed E-state index contributed by atoms with van der Waals surface area (Å²) in [5.74, 6) is 3.66. The fraction of sp³-hybridized carbons (Fsp3) is 0.765. The van der Waals surface area contributed by atoms with E-state index in [2.05, 4.69) is 44.4 Å². The summed E-state index contributed by atoms with van der Waals surface area (Å²) in [7, 11) is 0. The van der Waals surface area contributed by atoms with Gasteiger partial charge in [-0.05, 0) is 56.3 Å². The smallest absolute Gasteiger partial charge is 0.0206 e. The van der Waals surface area contributed by atoms with Crippen molar-refractivity contribution in [1.29, 1.82) is 0 Å². The molecule has 0 radical (unpaired) electrons. The van der Waals surface area contributed by atoms with Crippen molar-refractivity contribution in [3.63, 3.8) is 0 Å². The van der Waals surface area contributed by atoms with Crippen molar-refractivity contribution in [3.05, 3.63) is 24.4 Å². The van der Waals surface area contributed by atoms with Gasteiger partial charge in [0.15, 0.2) is 0 Å². The number of allylic oxidation sites excluding steroid dienone is 3. The van der Waals surface area contributed by atoms with E-state index in [1.54, 1.807) is 0 Å². The van der Waals surface area contributed by atoms with E-state index < -0.39 is 0 Å². The second kappa shape index (κ2) is 5.95. The molecule has 0 heterocycles. The van der Waals surface area contributed by atoms with Crippen LogP contribution in [0.4, 0.5) is 0 Å². The highest BCUT2D eigenvalue weighted by Crippen LogP contribution is 2.48. The van der Waals surface area contributed by atoms with Crippen LogP contribution in [-0.2, 0) is 0 Å². The number of rotatable bonds is 6. The molecule has 3 atom stereocenters. The molecule has 0 aromatic rings. The SMILES string of the molecule is C=C(C)N(CC(C)C)CC1CC1C1CC=CCC1. The Morgan fingerprint density at radius 1 is 1.39 bits per heavy atom. The van der Waals surface area contributed by atoms with Crippen molar-refractivity contribution in [2.45, 2.75) is 46.5 Å². The van der Waals surface area contributed by atoms with Gasteiger partial charge in [0.1, 0.15) is 0 Å². The first-order valence-electron chi connectivity index (χ1n) is 7.63. The van der Waals surface area contributed by atoms with Gasteiger partial charge >= 0.3 is 0 Å². The summed E-state index contributed by atoms with van der Waals surface area (Å²) in [6, 6.07) is 0. The highest BCUT2D eigenvalue weighted by atomic mass is 15.1. The molecule has 0 aliphatic heterocycles. The molecular weight excluding hydrogens is 218 g/mol. The first-order chi connectivity index (χ1) is 8.58. The van der Waals surface area contributed by atoms with Crippen LogP contribution in [0, 0.1) is 23.7 Å². The van der Waals surface area contributed by atoms with Gasteiger partial charge in [0, 0.05) is 18.8 Å². The first-order valence-corrected chi connectivity index (χ1v) is 7.63. The van der Waals surface area contributed by atoms with E-state index >= 15 is 0 Å². The second-order valence-corrected chi connectivity index (χ2v) is 6.74. The van der Waals surface area contributed by atoms with Crippen LogP contribution in [-0.4, -0.2) is 18.0 Å². The van der Waals surface area contributed by atoms with Crippen LogP contribution >= 0.6 is 0 Å². The van der Waals surface area contributed by atoms with Crippen LogP contribution in [0.1, 0.15) is 46.5 Å². The maximum absolute atomic E-state index is 4.14. The Morgan fingerprint density at radius 2 is 2.17 bits per heavy atom. The fourth-order valence-electron chi connectivity index (χ4n) is 3.37. The van der Waals surface area contributed by atoms with Crippen LogP contribution in [0.5, 0.6) is 0 Å². The van der Waals surface area contributed by atoms with E-state index in [0.29, 0.717) is 0 Å². The lowest BCUT2D eigenvalue weighted by molar-refractivity contribution is 0.278. The molecule has 3 unspecified atom stereocenters. The summed E-state index contributed by atoms with van der Waals surface area (Å²) >= 11 is 0. The Bertz CT molecular complexity index is 316. The topological polar surface area (TPSA) is 3.24 Å². The average molecular weight is 247 g/mol. The molecule has 0 bridgehead atoms. The van der Waals surface area contributed by atoms with Crippen molar-refractivity contribution in [3.8, 4) is 0 Å². The van der Waals surface area contributed by atoms with Gasteiger partial charge in [-0.3, -0.25) is 0 Å². The molecule has 2 aliphatic rings. The third-order valence-electron chi connectivity index (χ3n) is 4.47. The minimum Gasteiger partial charge on any atom is -0.375 e. The molecule has 1 fully saturated rings. The summed E-state index contributed by atoms with van der Waals surface area (Å²) in [6.45, 7) is 13.3. The molecular formula is C17H29N. The minimum atomic E-state index is 0.733. The maximum Gasteiger partial charge on any atom is 0.0206 e. The molecule has 1 saturated carbocycles. The van der Waals surface area contributed by atoms with Crippen LogP contribution < -0.4 is 0 Å². The van der Waals surface area contributed by atoms with Crippen molar-refractivity contribution >= 4 is 0 Å². The predicted molar refractivity (Wildman–Crippen MR) is 79.3 cm³/mol. The van der Waals surface area contributed by atoms with Gasteiger partial charge in [-0.1, -0.05) is 32.6 Å². The molecule has 0 N–H and O–H groups in total. The molecule has 1 heteroatoms. The zero-order chi connectivity index (χ0) is 13.1. The van der Waals surface area contributed by atoms with Crippen molar-refractivity contribution < 1.29 is 0 Å². The van der Waals surface area contributed by atoms with Crippen LogP contribution in [0.15, 0.2) is 24.4 Å². The second-order valence-electron chi connectivity index (χ2n) is 6.74. The average Bonchev–Trinajstić information content (AvgIpc) is 3.08. The largest absolute Gasteiger partial charge is 0.375 e. The molecule has 0 saturated heterocycles. The van der Waals surface area contributed by atoms with Crippen LogP contribution in [0.25, 0.3) is 0 Å². The molecule has 18 heavy (non-hydrogen) atoms. The zero-order valence-electron chi connectivity index (χ0n) is 12.4. The Labute approximate surface area is 113 Å². The van der Waals surface area contributed by atoms with Gasteiger partial charge < -0.3 is 4.90 Å². The molecule has 2 aliphatic carbocycles. The van der Waals surface area contributed by atoms with Crippen LogP contribution in [0.3, 0.4) is 0 Å².